The highest BCUT2D eigenvalue weighted by Crippen LogP contribution is 2.37. The molecule has 0 saturated heterocycles. The molecular formula is C20H16ClFN4O4S2. The number of rotatable bonds is 4. The number of urea groups is 1. The van der Waals surface area contributed by atoms with Gasteiger partial charge >= 0.3 is 6.03 Å². The van der Waals surface area contributed by atoms with Gasteiger partial charge in [-0.05, 0) is 43.7 Å². The summed E-state index contributed by atoms with van der Waals surface area (Å²) < 4.78 is 41.9. The molecule has 1 atom stereocenters. The molecule has 3 aromatic rings. The van der Waals surface area contributed by atoms with Crippen LogP contribution in [0.3, 0.4) is 0 Å². The lowest BCUT2D eigenvalue weighted by molar-refractivity contribution is 0.256. The number of benzene rings is 2. The number of aryl methyl sites for hydroxylation is 1. The molecule has 2 aromatic carbocycles. The number of carbonyl (C=O) groups is 1. The molecule has 0 bridgehead atoms. The van der Waals surface area contributed by atoms with Crippen molar-refractivity contribution in [1.29, 1.82) is 0 Å². The fourth-order valence-electron chi connectivity index (χ4n) is 3.21. The predicted octanol–water partition coefficient (Wildman–Crippen LogP) is 3.83. The molecule has 0 spiro atoms. The summed E-state index contributed by atoms with van der Waals surface area (Å²) in [6, 6.07) is 9.32. The lowest BCUT2D eigenvalue weighted by Gasteiger charge is -2.13. The number of nitrogens with one attached hydrogen (secondary N) is 2. The Morgan fingerprint density at radius 2 is 2.03 bits per heavy atom. The number of aromatic nitrogens is 2. The molecule has 2 N–H and O–H groups in total. The second-order valence-corrected chi connectivity index (χ2v) is 10.8. The molecule has 0 saturated carbocycles. The highest BCUT2D eigenvalue weighted by atomic mass is 35.5. The summed E-state index contributed by atoms with van der Waals surface area (Å²) in [6.45, 7) is 1.58. The quantitative estimate of drug-likeness (QED) is 0.533. The van der Waals surface area contributed by atoms with Crippen molar-refractivity contribution in [2.45, 2.75) is 18.1 Å². The number of hydrogen-bond donors (Lipinski definition) is 2. The van der Waals surface area contributed by atoms with Crippen molar-refractivity contribution >= 4 is 56.0 Å². The zero-order valence-electron chi connectivity index (χ0n) is 16.5. The zero-order chi connectivity index (χ0) is 23.0. The van der Waals surface area contributed by atoms with E-state index in [-0.39, 0.29) is 21.4 Å². The summed E-state index contributed by atoms with van der Waals surface area (Å²) in [4.78, 5) is 29.3. The van der Waals surface area contributed by atoms with Crippen LogP contribution in [0, 0.1) is 12.7 Å². The number of para-hydroxylation sites is 1. The van der Waals surface area contributed by atoms with Crippen LogP contribution >= 0.6 is 23.4 Å². The Labute approximate surface area is 191 Å². The first kappa shape index (κ1) is 22.3. The van der Waals surface area contributed by atoms with E-state index in [1.165, 1.54) is 18.2 Å². The third-order valence-corrected chi connectivity index (χ3v) is 7.99. The molecule has 0 fully saturated rings. The predicted molar refractivity (Wildman–Crippen MR) is 123 cm³/mol. The number of amides is 2. The lowest BCUT2D eigenvalue weighted by Crippen LogP contribution is -2.34. The van der Waals surface area contributed by atoms with E-state index in [4.69, 9.17) is 11.6 Å². The summed E-state index contributed by atoms with van der Waals surface area (Å²) in [6.07, 6.45) is 1.78. The first-order chi connectivity index (χ1) is 15.2. The van der Waals surface area contributed by atoms with Gasteiger partial charge in [0.05, 0.1) is 21.3 Å². The van der Waals surface area contributed by atoms with Crippen molar-refractivity contribution in [2.75, 3.05) is 5.32 Å². The van der Waals surface area contributed by atoms with Gasteiger partial charge in [0.15, 0.2) is 0 Å². The molecule has 2 amide bonds. The molecular weight excluding hydrogens is 479 g/mol. The van der Waals surface area contributed by atoms with Gasteiger partial charge in [0.1, 0.15) is 15.9 Å². The van der Waals surface area contributed by atoms with Crippen molar-refractivity contribution in [1.82, 2.24) is 14.3 Å². The standard InChI is InChI=1S/C20H16ClFN4O4S2/c1-11-23-15-5-3-2-4-13(15)19(27)26(11)16-7-6-12(10-14(16)22)24-20(28)25-32(29,30)18-9-8-17(21)31-18/h2-7,9-10,17H,8H2,1H3,(H2,24,25,28). The van der Waals surface area contributed by atoms with Crippen LogP contribution in [0.15, 0.2) is 57.6 Å². The SMILES string of the molecule is Cc1nc2ccccc2c(=O)n1-c1ccc(NC(=O)NS(=O)(=O)C2=CCC(Cl)S2)cc1F. The fraction of sp³-hybridized carbons (Fsp3) is 0.150. The Kier molecular flexibility index (Phi) is 5.97. The van der Waals surface area contributed by atoms with E-state index < -0.39 is 32.1 Å². The number of halogens is 2. The lowest BCUT2D eigenvalue weighted by atomic mass is 10.2. The van der Waals surface area contributed by atoms with Crippen LogP contribution in [0.4, 0.5) is 14.9 Å². The van der Waals surface area contributed by atoms with Gasteiger partial charge in [0, 0.05) is 5.69 Å². The Morgan fingerprint density at radius 3 is 2.72 bits per heavy atom. The highest BCUT2D eigenvalue weighted by molar-refractivity contribution is 8.19. The summed E-state index contributed by atoms with van der Waals surface area (Å²) in [5.74, 6) is -0.510. The van der Waals surface area contributed by atoms with Gasteiger partial charge in [-0.25, -0.2) is 27.3 Å². The van der Waals surface area contributed by atoms with Crippen LogP contribution in [-0.2, 0) is 10.0 Å². The average Bonchev–Trinajstić information content (AvgIpc) is 3.16. The van der Waals surface area contributed by atoms with Crippen molar-refractivity contribution in [3.05, 3.63) is 74.8 Å². The van der Waals surface area contributed by atoms with E-state index in [1.54, 1.807) is 31.2 Å². The van der Waals surface area contributed by atoms with E-state index in [0.29, 0.717) is 17.3 Å². The molecule has 166 valence electrons. The van der Waals surface area contributed by atoms with Gasteiger partial charge in [0.25, 0.3) is 15.6 Å². The summed E-state index contributed by atoms with van der Waals surface area (Å²) in [5.41, 5.74) is 0.0157. The second kappa shape index (κ2) is 8.57. The molecule has 12 heteroatoms. The molecule has 1 aliphatic rings. The highest BCUT2D eigenvalue weighted by Gasteiger charge is 2.28. The molecule has 2 heterocycles. The number of anilines is 1. The van der Waals surface area contributed by atoms with Gasteiger partial charge in [0.2, 0.25) is 0 Å². The summed E-state index contributed by atoms with van der Waals surface area (Å²) in [7, 11) is -4.08. The Bertz CT molecular complexity index is 1440. The zero-order valence-corrected chi connectivity index (χ0v) is 18.9. The van der Waals surface area contributed by atoms with Gasteiger partial charge in [-0.15, -0.1) is 11.6 Å². The van der Waals surface area contributed by atoms with Gasteiger partial charge in [-0.2, -0.15) is 0 Å². The molecule has 1 unspecified atom stereocenters. The molecule has 32 heavy (non-hydrogen) atoms. The van der Waals surface area contributed by atoms with E-state index in [2.05, 4.69) is 10.3 Å². The number of allylic oxidation sites excluding steroid dienone is 1. The number of alkyl halides is 1. The maximum Gasteiger partial charge on any atom is 0.333 e. The number of sulfonamides is 1. The van der Waals surface area contributed by atoms with E-state index >= 15 is 0 Å². The minimum Gasteiger partial charge on any atom is -0.307 e. The number of carbonyl (C=O) groups excluding carboxylic acids is 1. The molecule has 1 aliphatic heterocycles. The van der Waals surface area contributed by atoms with Crippen LogP contribution in [-0.4, -0.2) is 28.7 Å². The fourth-order valence-corrected chi connectivity index (χ4v) is 6.07. The minimum absolute atomic E-state index is 0.00155. The monoisotopic (exact) mass is 494 g/mol. The van der Waals surface area contributed by atoms with Crippen molar-refractivity contribution in [3.8, 4) is 5.69 Å². The number of fused-ring (bicyclic) bond motifs is 1. The van der Waals surface area contributed by atoms with Crippen LogP contribution < -0.4 is 15.6 Å². The molecule has 0 aliphatic carbocycles. The number of thioether (sulfide) groups is 1. The topological polar surface area (TPSA) is 110 Å². The van der Waals surface area contributed by atoms with Crippen LogP contribution in [0.25, 0.3) is 16.6 Å². The van der Waals surface area contributed by atoms with Gasteiger partial charge in [-0.3, -0.25) is 9.36 Å². The third-order valence-electron chi connectivity index (χ3n) is 4.60. The Hall–Kier alpha value is -2.89. The number of nitrogens with zero attached hydrogens (tertiary/aromatic N) is 2. The van der Waals surface area contributed by atoms with Crippen LogP contribution in [0.5, 0.6) is 0 Å². The molecule has 0 radical (unpaired) electrons. The van der Waals surface area contributed by atoms with Crippen LogP contribution in [0.2, 0.25) is 0 Å². The molecule has 8 nitrogen and oxygen atoms in total. The number of hydrogen-bond acceptors (Lipinski definition) is 6. The van der Waals surface area contributed by atoms with E-state index in [9.17, 15) is 22.4 Å². The summed E-state index contributed by atoms with van der Waals surface area (Å²) >= 11 is 6.79. The van der Waals surface area contributed by atoms with E-state index in [0.717, 1.165) is 22.4 Å². The minimum atomic E-state index is -4.08. The average molecular weight is 495 g/mol. The van der Waals surface area contributed by atoms with Crippen molar-refractivity contribution in [2.24, 2.45) is 0 Å². The molecule has 1 aromatic heterocycles. The second-order valence-electron chi connectivity index (χ2n) is 6.83. The van der Waals surface area contributed by atoms with Gasteiger partial charge < -0.3 is 5.32 Å². The normalized spacial score (nSPS) is 16.1. The maximum absolute atomic E-state index is 14.9. The molecule has 4 rings (SSSR count). The largest absolute Gasteiger partial charge is 0.333 e. The van der Waals surface area contributed by atoms with Crippen LogP contribution in [0.1, 0.15) is 12.2 Å². The van der Waals surface area contributed by atoms with Crippen molar-refractivity contribution in [3.63, 3.8) is 0 Å². The maximum atomic E-state index is 14.9. The first-order valence-electron chi connectivity index (χ1n) is 9.29. The van der Waals surface area contributed by atoms with Crippen molar-refractivity contribution < 1.29 is 17.6 Å². The Morgan fingerprint density at radius 1 is 1.28 bits per heavy atom. The third kappa shape index (κ3) is 4.36. The summed E-state index contributed by atoms with van der Waals surface area (Å²) in [5, 5.41) is 2.61. The Balaban J connectivity index is 1.58. The van der Waals surface area contributed by atoms with Gasteiger partial charge in [-0.1, -0.05) is 30.0 Å². The van der Waals surface area contributed by atoms with E-state index in [1.807, 2.05) is 4.72 Å². The smallest absolute Gasteiger partial charge is 0.307 e. The first-order valence-corrected chi connectivity index (χ1v) is 12.1.